The Labute approximate surface area is 139 Å². The molecule has 134 valence electrons. The van der Waals surface area contributed by atoms with Gasteiger partial charge in [-0.25, -0.2) is 0 Å². The molecule has 1 aromatic rings. The zero-order valence-electron chi connectivity index (χ0n) is 13.8. The number of carbonyl (C=O) groups excluding carboxylic acids is 1. The standard InChI is InChI=1S/C17H22F3NO3/c1-16(23,11-24-2)15(22)21-9-7-13(8-10-21)12-3-5-14(6-4-12)17(18,19)20/h3-6,13,23H,7-11H2,1-2H3. The highest BCUT2D eigenvalue weighted by molar-refractivity contribution is 5.84. The van der Waals surface area contributed by atoms with E-state index in [1.165, 1.54) is 26.2 Å². The molecular formula is C17H22F3NO3. The third kappa shape index (κ3) is 4.27. The van der Waals surface area contributed by atoms with Crippen LogP contribution in [0.2, 0.25) is 0 Å². The topological polar surface area (TPSA) is 49.8 Å². The summed E-state index contributed by atoms with van der Waals surface area (Å²) < 4.78 is 42.7. The quantitative estimate of drug-likeness (QED) is 0.913. The third-order valence-electron chi connectivity index (χ3n) is 4.38. The largest absolute Gasteiger partial charge is 0.416 e. The maximum Gasteiger partial charge on any atom is 0.416 e. The molecule has 1 aliphatic rings. The molecule has 0 aliphatic carbocycles. The van der Waals surface area contributed by atoms with Crippen molar-refractivity contribution >= 4 is 5.91 Å². The van der Waals surface area contributed by atoms with Gasteiger partial charge in [0, 0.05) is 20.2 Å². The maximum atomic E-state index is 12.6. The first-order valence-electron chi connectivity index (χ1n) is 7.83. The molecule has 4 nitrogen and oxygen atoms in total. The minimum Gasteiger partial charge on any atom is -0.381 e. The van der Waals surface area contributed by atoms with E-state index in [0.717, 1.165) is 17.7 Å². The fourth-order valence-electron chi connectivity index (χ4n) is 3.04. The molecule has 1 amide bonds. The van der Waals surface area contributed by atoms with Crippen LogP contribution in [0.1, 0.15) is 36.8 Å². The van der Waals surface area contributed by atoms with Crippen molar-refractivity contribution < 1.29 is 27.8 Å². The molecule has 1 aromatic carbocycles. The zero-order valence-corrected chi connectivity index (χ0v) is 13.8. The number of amides is 1. The molecule has 0 radical (unpaired) electrons. The number of halogens is 3. The smallest absolute Gasteiger partial charge is 0.381 e. The van der Waals surface area contributed by atoms with Crippen LogP contribution in [0.4, 0.5) is 13.2 Å². The summed E-state index contributed by atoms with van der Waals surface area (Å²) in [6, 6.07) is 5.20. The molecule has 1 atom stereocenters. The lowest BCUT2D eigenvalue weighted by Gasteiger charge is -2.36. The number of aliphatic hydroxyl groups is 1. The highest BCUT2D eigenvalue weighted by Crippen LogP contribution is 2.33. The van der Waals surface area contributed by atoms with Gasteiger partial charge in [0.2, 0.25) is 0 Å². The molecular weight excluding hydrogens is 323 g/mol. The van der Waals surface area contributed by atoms with E-state index in [2.05, 4.69) is 0 Å². The van der Waals surface area contributed by atoms with Gasteiger partial charge in [-0.1, -0.05) is 12.1 Å². The van der Waals surface area contributed by atoms with Gasteiger partial charge in [0.1, 0.15) is 0 Å². The zero-order chi connectivity index (χ0) is 18.0. The summed E-state index contributed by atoms with van der Waals surface area (Å²) in [5.74, 6) is -0.265. The highest BCUT2D eigenvalue weighted by atomic mass is 19.4. The molecule has 0 bridgehead atoms. The molecule has 1 heterocycles. The third-order valence-corrected chi connectivity index (χ3v) is 4.38. The van der Waals surface area contributed by atoms with Crippen molar-refractivity contribution in [3.8, 4) is 0 Å². The van der Waals surface area contributed by atoms with Crippen molar-refractivity contribution in [2.45, 2.75) is 37.5 Å². The number of methoxy groups -OCH3 is 1. The fraction of sp³-hybridized carbons (Fsp3) is 0.588. The Morgan fingerprint density at radius 2 is 1.79 bits per heavy atom. The number of benzene rings is 1. The lowest BCUT2D eigenvalue weighted by atomic mass is 9.88. The fourth-order valence-corrected chi connectivity index (χ4v) is 3.04. The van der Waals surface area contributed by atoms with Crippen LogP contribution in [0.25, 0.3) is 0 Å². The van der Waals surface area contributed by atoms with E-state index in [9.17, 15) is 23.1 Å². The molecule has 1 aliphatic heterocycles. The SMILES string of the molecule is COCC(C)(O)C(=O)N1CCC(c2ccc(C(F)(F)F)cc2)CC1. The van der Waals surface area contributed by atoms with Gasteiger partial charge in [-0.2, -0.15) is 13.2 Å². The van der Waals surface area contributed by atoms with Crippen LogP contribution in [-0.2, 0) is 15.7 Å². The van der Waals surface area contributed by atoms with Crippen molar-refractivity contribution in [3.63, 3.8) is 0 Å². The molecule has 2 rings (SSSR count). The van der Waals surface area contributed by atoms with Crippen LogP contribution in [0.3, 0.4) is 0 Å². The molecule has 1 fully saturated rings. The van der Waals surface area contributed by atoms with Gasteiger partial charge in [0.25, 0.3) is 5.91 Å². The van der Waals surface area contributed by atoms with Crippen LogP contribution in [0.15, 0.2) is 24.3 Å². The van der Waals surface area contributed by atoms with Crippen LogP contribution in [0.5, 0.6) is 0 Å². The van der Waals surface area contributed by atoms with Gasteiger partial charge in [-0.05, 0) is 43.4 Å². The van der Waals surface area contributed by atoms with E-state index < -0.39 is 17.3 Å². The number of nitrogens with zero attached hydrogens (tertiary/aromatic N) is 1. The van der Waals surface area contributed by atoms with Crippen molar-refractivity contribution in [2.24, 2.45) is 0 Å². The number of hydrogen-bond acceptors (Lipinski definition) is 3. The van der Waals surface area contributed by atoms with E-state index in [-0.39, 0.29) is 18.4 Å². The Balaban J connectivity index is 1.96. The second kappa shape index (κ2) is 7.11. The summed E-state index contributed by atoms with van der Waals surface area (Å²) in [6.07, 6.45) is -3.03. The predicted molar refractivity (Wildman–Crippen MR) is 82.5 cm³/mol. The van der Waals surface area contributed by atoms with Crippen LogP contribution >= 0.6 is 0 Å². The van der Waals surface area contributed by atoms with E-state index in [4.69, 9.17) is 4.74 Å². The highest BCUT2D eigenvalue weighted by Gasteiger charge is 2.36. The number of hydrogen-bond donors (Lipinski definition) is 1. The summed E-state index contributed by atoms with van der Waals surface area (Å²) in [6.45, 7) is 2.26. The number of alkyl halides is 3. The summed E-state index contributed by atoms with van der Waals surface area (Å²) >= 11 is 0. The molecule has 0 saturated carbocycles. The Morgan fingerprint density at radius 3 is 2.25 bits per heavy atom. The van der Waals surface area contributed by atoms with Crippen molar-refractivity contribution in [1.82, 2.24) is 4.90 Å². The summed E-state index contributed by atoms with van der Waals surface area (Å²) in [5.41, 5.74) is -1.37. The number of rotatable bonds is 4. The first kappa shape index (κ1) is 18.7. The summed E-state index contributed by atoms with van der Waals surface area (Å²) in [7, 11) is 1.42. The number of carbonyl (C=O) groups is 1. The second-order valence-corrected chi connectivity index (χ2v) is 6.39. The lowest BCUT2D eigenvalue weighted by molar-refractivity contribution is -0.155. The first-order chi connectivity index (χ1) is 11.1. The first-order valence-corrected chi connectivity index (χ1v) is 7.83. The minimum absolute atomic E-state index is 0.0787. The van der Waals surface area contributed by atoms with Crippen LogP contribution < -0.4 is 0 Å². The van der Waals surface area contributed by atoms with E-state index >= 15 is 0 Å². The minimum atomic E-state index is -4.33. The van der Waals surface area contributed by atoms with E-state index in [1.807, 2.05) is 0 Å². The Hall–Kier alpha value is -1.60. The van der Waals surface area contributed by atoms with Gasteiger partial charge in [-0.3, -0.25) is 4.79 Å². The molecule has 1 unspecified atom stereocenters. The van der Waals surface area contributed by atoms with E-state index in [1.54, 1.807) is 4.90 Å². The normalized spacial score (nSPS) is 19.2. The van der Waals surface area contributed by atoms with Gasteiger partial charge >= 0.3 is 6.18 Å². The van der Waals surface area contributed by atoms with Gasteiger partial charge < -0.3 is 14.7 Å². The second-order valence-electron chi connectivity index (χ2n) is 6.39. The molecule has 7 heteroatoms. The van der Waals surface area contributed by atoms with Crippen molar-refractivity contribution in [2.75, 3.05) is 26.8 Å². The maximum absolute atomic E-state index is 12.6. The molecule has 1 N–H and O–H groups in total. The van der Waals surface area contributed by atoms with Crippen LogP contribution in [0, 0.1) is 0 Å². The van der Waals surface area contributed by atoms with Crippen molar-refractivity contribution in [1.29, 1.82) is 0 Å². The Bertz CT molecular complexity index is 561. The Morgan fingerprint density at radius 1 is 1.25 bits per heavy atom. The summed E-state index contributed by atoms with van der Waals surface area (Å²) in [4.78, 5) is 13.9. The van der Waals surface area contributed by atoms with Gasteiger partial charge in [-0.15, -0.1) is 0 Å². The predicted octanol–water partition coefficient (Wildman–Crippen LogP) is 2.81. The molecule has 24 heavy (non-hydrogen) atoms. The molecule has 1 saturated heterocycles. The summed E-state index contributed by atoms with van der Waals surface area (Å²) in [5, 5.41) is 10.1. The Kier molecular flexibility index (Phi) is 5.55. The average Bonchev–Trinajstić information content (AvgIpc) is 2.53. The average molecular weight is 345 g/mol. The lowest BCUT2D eigenvalue weighted by Crippen LogP contribution is -2.51. The van der Waals surface area contributed by atoms with Gasteiger partial charge in [0.05, 0.1) is 12.2 Å². The number of ether oxygens (including phenoxy) is 1. The number of likely N-dealkylation sites (tertiary alicyclic amines) is 1. The number of piperidine rings is 1. The van der Waals surface area contributed by atoms with Crippen molar-refractivity contribution in [3.05, 3.63) is 35.4 Å². The monoisotopic (exact) mass is 345 g/mol. The molecule has 0 aromatic heterocycles. The molecule has 0 spiro atoms. The van der Waals surface area contributed by atoms with Crippen LogP contribution in [-0.4, -0.2) is 48.3 Å². The van der Waals surface area contributed by atoms with E-state index in [0.29, 0.717) is 25.9 Å². The van der Waals surface area contributed by atoms with Gasteiger partial charge in [0.15, 0.2) is 5.60 Å².